The van der Waals surface area contributed by atoms with Gasteiger partial charge in [-0.2, -0.15) is 4.98 Å². The Bertz CT molecular complexity index is 769. The summed E-state index contributed by atoms with van der Waals surface area (Å²) in [5.74, 6) is 0.828. The first-order valence-corrected chi connectivity index (χ1v) is 6.18. The van der Waals surface area contributed by atoms with Crippen molar-refractivity contribution in [3.05, 3.63) is 47.2 Å². The zero-order valence-corrected chi connectivity index (χ0v) is 11.1. The van der Waals surface area contributed by atoms with Gasteiger partial charge in [0.1, 0.15) is 17.3 Å². The normalized spacial score (nSPS) is 10.9. The van der Waals surface area contributed by atoms with Crippen LogP contribution in [0, 0.1) is 12.7 Å². The van der Waals surface area contributed by atoms with Crippen LogP contribution in [0.25, 0.3) is 11.3 Å². The Balaban J connectivity index is 2.07. The molecule has 3 rings (SSSR count). The van der Waals surface area contributed by atoms with E-state index in [0.717, 1.165) is 5.82 Å². The van der Waals surface area contributed by atoms with Crippen molar-refractivity contribution in [2.75, 3.05) is 7.11 Å². The third-order valence-electron chi connectivity index (χ3n) is 2.99. The Morgan fingerprint density at radius 3 is 2.75 bits per heavy atom. The van der Waals surface area contributed by atoms with E-state index >= 15 is 0 Å². The molecule has 0 unspecified atom stereocenters. The summed E-state index contributed by atoms with van der Waals surface area (Å²) < 4.78 is 18.9. The Kier molecular flexibility index (Phi) is 3.06. The number of hydrogen-bond acceptors (Lipinski definition) is 4. The molecular weight excluding hydrogens is 259 g/mol. The Morgan fingerprint density at radius 2 is 2.00 bits per heavy atom. The highest BCUT2D eigenvalue weighted by Gasteiger charge is 2.14. The third-order valence-corrected chi connectivity index (χ3v) is 2.99. The Hall–Kier alpha value is -2.50. The smallest absolute Gasteiger partial charge is 0.237 e. The number of aromatic amines is 1. The third kappa shape index (κ3) is 2.20. The molecule has 20 heavy (non-hydrogen) atoms. The molecule has 0 radical (unpaired) electrons. The second-order valence-electron chi connectivity index (χ2n) is 4.44. The lowest BCUT2D eigenvalue weighted by Gasteiger charge is -2.07. The molecule has 0 amide bonds. The molecule has 0 bridgehead atoms. The average molecular weight is 272 g/mol. The summed E-state index contributed by atoms with van der Waals surface area (Å²) in [6.07, 6.45) is 0.316. The van der Waals surface area contributed by atoms with E-state index in [0.29, 0.717) is 34.9 Å². The largest absolute Gasteiger partial charge is 0.480 e. The highest BCUT2D eigenvalue weighted by molar-refractivity contribution is 5.66. The molecule has 1 N–H and O–H groups in total. The number of nitrogens with one attached hydrogen (secondary N) is 1. The lowest BCUT2D eigenvalue weighted by molar-refractivity contribution is 0.392. The van der Waals surface area contributed by atoms with E-state index in [1.165, 1.54) is 13.2 Å². The van der Waals surface area contributed by atoms with Crippen LogP contribution in [0.3, 0.4) is 0 Å². The molecule has 2 heterocycles. The summed E-state index contributed by atoms with van der Waals surface area (Å²) in [4.78, 5) is 15.9. The molecule has 0 saturated heterocycles. The van der Waals surface area contributed by atoms with Crippen LogP contribution in [0.2, 0.25) is 0 Å². The number of imidazole rings is 1. The van der Waals surface area contributed by atoms with E-state index in [2.05, 4.69) is 19.9 Å². The number of rotatable bonds is 3. The van der Waals surface area contributed by atoms with E-state index in [-0.39, 0.29) is 5.82 Å². The number of nitrogens with zero attached hydrogens (tertiary/aromatic N) is 3. The summed E-state index contributed by atoms with van der Waals surface area (Å²) in [7, 11) is 1.51. The average Bonchev–Trinajstić information content (AvgIpc) is 2.79. The lowest BCUT2D eigenvalue weighted by Crippen LogP contribution is -2.02. The van der Waals surface area contributed by atoms with Crippen LogP contribution in [0.5, 0.6) is 5.88 Å². The molecule has 0 saturated carbocycles. The van der Waals surface area contributed by atoms with Crippen LogP contribution in [-0.2, 0) is 6.42 Å². The van der Waals surface area contributed by atoms with Gasteiger partial charge in [-0.25, -0.2) is 14.4 Å². The van der Waals surface area contributed by atoms with Gasteiger partial charge in [0.2, 0.25) is 11.5 Å². The first-order chi connectivity index (χ1) is 9.67. The molecular formula is C14H13FN4O. The molecule has 0 aliphatic carbocycles. The molecule has 2 aromatic heterocycles. The van der Waals surface area contributed by atoms with Crippen LogP contribution in [0.15, 0.2) is 24.3 Å². The molecule has 0 fully saturated rings. The molecule has 0 spiro atoms. The van der Waals surface area contributed by atoms with Gasteiger partial charge in [-0.05, 0) is 18.6 Å². The minimum atomic E-state index is -0.266. The molecule has 3 aromatic rings. The first kappa shape index (κ1) is 12.5. The maximum atomic E-state index is 13.7. The van der Waals surface area contributed by atoms with Crippen molar-refractivity contribution >= 4 is 11.3 Å². The zero-order chi connectivity index (χ0) is 14.1. The summed E-state index contributed by atoms with van der Waals surface area (Å²) in [5, 5.41) is 0. The lowest BCUT2D eigenvalue weighted by atomic mass is 10.1. The van der Waals surface area contributed by atoms with Crippen LogP contribution in [0.1, 0.15) is 17.1 Å². The van der Waals surface area contributed by atoms with Gasteiger partial charge in [0.15, 0.2) is 5.65 Å². The maximum Gasteiger partial charge on any atom is 0.237 e. The minimum absolute atomic E-state index is 0.266. The summed E-state index contributed by atoms with van der Waals surface area (Å²) in [5.41, 5.74) is 2.20. The fraction of sp³-hybridized carbons (Fsp3) is 0.214. The van der Waals surface area contributed by atoms with Crippen LogP contribution < -0.4 is 4.74 Å². The molecule has 0 atom stereocenters. The fourth-order valence-electron chi connectivity index (χ4n) is 2.07. The van der Waals surface area contributed by atoms with Crippen molar-refractivity contribution in [2.45, 2.75) is 13.3 Å². The number of halogens is 1. The number of aryl methyl sites for hydroxylation is 1. The zero-order valence-electron chi connectivity index (χ0n) is 11.1. The standard InChI is InChI=1S/C14H13FN4O/c1-8-16-12-13(17-8)19-14(20-2)11(18-12)7-9-5-3-4-6-10(9)15/h3-6H,7H2,1-2H3,(H,16,17,18,19). The van der Waals surface area contributed by atoms with Gasteiger partial charge >= 0.3 is 0 Å². The molecule has 102 valence electrons. The number of H-pyrrole nitrogens is 1. The van der Waals surface area contributed by atoms with Crippen molar-refractivity contribution in [3.8, 4) is 5.88 Å². The predicted octanol–water partition coefficient (Wildman–Crippen LogP) is 2.40. The van der Waals surface area contributed by atoms with Crippen LogP contribution in [0.4, 0.5) is 4.39 Å². The van der Waals surface area contributed by atoms with Crippen LogP contribution >= 0.6 is 0 Å². The van der Waals surface area contributed by atoms with Crippen LogP contribution in [-0.4, -0.2) is 27.0 Å². The summed E-state index contributed by atoms with van der Waals surface area (Å²) in [6, 6.07) is 6.59. The number of hydrogen-bond donors (Lipinski definition) is 1. The quantitative estimate of drug-likeness (QED) is 0.795. The highest BCUT2D eigenvalue weighted by Crippen LogP contribution is 2.21. The van der Waals surface area contributed by atoms with E-state index in [1.807, 2.05) is 6.92 Å². The van der Waals surface area contributed by atoms with E-state index < -0.39 is 0 Å². The molecule has 5 nitrogen and oxygen atoms in total. The second kappa shape index (κ2) is 4.88. The minimum Gasteiger partial charge on any atom is -0.480 e. The molecule has 0 aliphatic rings. The predicted molar refractivity (Wildman–Crippen MR) is 72.2 cm³/mol. The van der Waals surface area contributed by atoms with Crippen molar-refractivity contribution in [1.29, 1.82) is 0 Å². The number of aromatic nitrogens is 4. The van der Waals surface area contributed by atoms with Gasteiger partial charge in [-0.1, -0.05) is 18.2 Å². The second-order valence-corrected chi connectivity index (χ2v) is 4.44. The Labute approximate surface area is 114 Å². The van der Waals surface area contributed by atoms with E-state index in [1.54, 1.807) is 18.2 Å². The van der Waals surface area contributed by atoms with Gasteiger partial charge in [0, 0.05) is 6.42 Å². The fourth-order valence-corrected chi connectivity index (χ4v) is 2.07. The van der Waals surface area contributed by atoms with Crippen molar-refractivity contribution in [3.63, 3.8) is 0 Å². The van der Waals surface area contributed by atoms with Gasteiger partial charge in [0.05, 0.1) is 7.11 Å². The van der Waals surface area contributed by atoms with Gasteiger partial charge in [-0.15, -0.1) is 0 Å². The summed E-state index contributed by atoms with van der Waals surface area (Å²) >= 11 is 0. The number of methoxy groups -OCH3 is 1. The van der Waals surface area contributed by atoms with Crippen molar-refractivity contribution in [2.24, 2.45) is 0 Å². The topological polar surface area (TPSA) is 63.7 Å². The molecule has 1 aromatic carbocycles. The van der Waals surface area contributed by atoms with Gasteiger partial charge in [0.25, 0.3) is 0 Å². The molecule has 6 heteroatoms. The number of benzene rings is 1. The maximum absolute atomic E-state index is 13.7. The number of fused-ring (bicyclic) bond motifs is 1. The Morgan fingerprint density at radius 1 is 1.20 bits per heavy atom. The first-order valence-electron chi connectivity index (χ1n) is 6.18. The van der Waals surface area contributed by atoms with Gasteiger partial charge in [-0.3, -0.25) is 0 Å². The van der Waals surface area contributed by atoms with Crippen molar-refractivity contribution < 1.29 is 9.13 Å². The summed E-state index contributed by atoms with van der Waals surface area (Å²) in [6.45, 7) is 1.83. The van der Waals surface area contributed by atoms with Gasteiger partial charge < -0.3 is 9.72 Å². The SMILES string of the molecule is COc1nc2nc(C)[nH]c2nc1Cc1ccccc1F. The van der Waals surface area contributed by atoms with E-state index in [9.17, 15) is 4.39 Å². The van der Waals surface area contributed by atoms with Crippen molar-refractivity contribution in [1.82, 2.24) is 19.9 Å². The molecule has 0 aliphatic heterocycles. The van der Waals surface area contributed by atoms with E-state index in [4.69, 9.17) is 4.74 Å². The monoisotopic (exact) mass is 272 g/mol. The number of ether oxygens (including phenoxy) is 1. The highest BCUT2D eigenvalue weighted by atomic mass is 19.1.